The van der Waals surface area contributed by atoms with Gasteiger partial charge in [-0.2, -0.15) is 0 Å². The van der Waals surface area contributed by atoms with Crippen LogP contribution >= 0.6 is 0 Å². The number of carbonyl (C=O) groups excluding carboxylic acids is 1. The number of nitrogens with zero attached hydrogens (tertiary/aromatic N) is 2. The Hall–Kier alpha value is -3.91. The molecule has 0 atom stereocenters. The Labute approximate surface area is 192 Å². The highest BCUT2D eigenvalue weighted by Gasteiger charge is 2.29. The average molecular weight is 462 g/mol. The number of hydrogen-bond acceptors (Lipinski definition) is 5. The monoisotopic (exact) mass is 461 g/mol. The van der Waals surface area contributed by atoms with Crippen molar-refractivity contribution in [2.45, 2.75) is 11.8 Å². The molecule has 0 fully saturated rings. The minimum absolute atomic E-state index is 0.0985. The predicted molar refractivity (Wildman–Crippen MR) is 129 cm³/mol. The number of aryl methyl sites for hydroxylation is 1. The highest BCUT2D eigenvalue weighted by molar-refractivity contribution is 7.93. The fraction of sp³-hybridized carbons (Fsp3) is 0.120. The molecule has 3 aromatic carbocycles. The number of amides is 1. The minimum atomic E-state index is -4.09. The van der Waals surface area contributed by atoms with E-state index in [9.17, 15) is 13.2 Å². The van der Waals surface area contributed by atoms with E-state index in [1.165, 1.54) is 13.2 Å². The molecule has 1 amide bonds. The van der Waals surface area contributed by atoms with Gasteiger partial charge in [0.15, 0.2) is 0 Å². The molecule has 4 aromatic rings. The molecule has 1 N–H and O–H groups in total. The van der Waals surface area contributed by atoms with Crippen LogP contribution in [0, 0.1) is 6.92 Å². The van der Waals surface area contributed by atoms with E-state index in [-0.39, 0.29) is 4.90 Å². The van der Waals surface area contributed by atoms with Gasteiger partial charge in [-0.05, 0) is 55.5 Å². The van der Waals surface area contributed by atoms with Crippen LogP contribution in [0.2, 0.25) is 0 Å². The number of aromatic nitrogens is 1. The third-order valence-electron chi connectivity index (χ3n) is 5.19. The van der Waals surface area contributed by atoms with Gasteiger partial charge < -0.3 is 10.1 Å². The maximum atomic E-state index is 13.8. The van der Waals surface area contributed by atoms with E-state index in [2.05, 4.69) is 10.3 Å². The highest BCUT2D eigenvalue weighted by atomic mass is 32.2. The third kappa shape index (κ3) is 4.80. The first-order valence-corrected chi connectivity index (χ1v) is 11.7. The molecule has 7 nitrogen and oxygen atoms in total. The summed E-state index contributed by atoms with van der Waals surface area (Å²) in [7, 11) is -2.56. The number of pyridine rings is 1. The molecule has 0 bridgehead atoms. The van der Waals surface area contributed by atoms with Crippen molar-refractivity contribution in [2.75, 3.05) is 23.3 Å². The average Bonchev–Trinajstić information content (AvgIpc) is 2.83. The van der Waals surface area contributed by atoms with Crippen LogP contribution in [0.5, 0.6) is 5.75 Å². The van der Waals surface area contributed by atoms with Gasteiger partial charge in [0, 0.05) is 28.9 Å². The van der Waals surface area contributed by atoms with Crippen LogP contribution in [-0.2, 0) is 14.8 Å². The largest absolute Gasteiger partial charge is 0.497 e. The molecule has 0 unspecified atom stereocenters. The van der Waals surface area contributed by atoms with Crippen LogP contribution in [0.1, 0.15) is 5.56 Å². The van der Waals surface area contributed by atoms with Crippen molar-refractivity contribution in [3.63, 3.8) is 0 Å². The Balaban J connectivity index is 1.74. The van der Waals surface area contributed by atoms with Gasteiger partial charge in [-0.15, -0.1) is 0 Å². The molecule has 0 saturated carbocycles. The number of ether oxygens (including phenoxy) is 1. The molecule has 0 aliphatic carbocycles. The summed E-state index contributed by atoms with van der Waals surface area (Å²) in [6, 6.07) is 20.5. The Morgan fingerprint density at radius 3 is 2.42 bits per heavy atom. The van der Waals surface area contributed by atoms with E-state index in [0.29, 0.717) is 27.9 Å². The second-order valence-corrected chi connectivity index (χ2v) is 9.31. The lowest BCUT2D eigenvalue weighted by Crippen LogP contribution is -2.38. The van der Waals surface area contributed by atoms with Crippen molar-refractivity contribution in [1.82, 2.24) is 4.98 Å². The summed E-state index contributed by atoms with van der Waals surface area (Å²) < 4.78 is 34.0. The molecule has 0 aliphatic rings. The van der Waals surface area contributed by atoms with Crippen LogP contribution in [0.15, 0.2) is 90.1 Å². The molecule has 33 heavy (non-hydrogen) atoms. The molecule has 8 heteroatoms. The molecule has 0 radical (unpaired) electrons. The Morgan fingerprint density at radius 2 is 1.73 bits per heavy atom. The fourth-order valence-electron chi connectivity index (χ4n) is 3.47. The first kappa shape index (κ1) is 22.3. The van der Waals surface area contributed by atoms with E-state index < -0.39 is 22.5 Å². The zero-order valence-electron chi connectivity index (χ0n) is 18.2. The van der Waals surface area contributed by atoms with E-state index in [1.54, 1.807) is 67.0 Å². The summed E-state index contributed by atoms with van der Waals surface area (Å²) in [5.74, 6) is 0.122. The standard InChI is InChI=1S/C25H23N3O4S/c1-18-6-8-20(9-7-18)27-25(29)17-28(21-10-12-22(32-2)13-11-21)33(30,31)24-5-3-4-19-16-26-15-14-23(19)24/h3-16H,17H2,1-2H3,(H,27,29). The first-order valence-electron chi connectivity index (χ1n) is 10.2. The Kier molecular flexibility index (Phi) is 6.28. The number of rotatable bonds is 7. The number of hydrogen-bond donors (Lipinski definition) is 1. The SMILES string of the molecule is COc1ccc(N(CC(=O)Nc2ccc(C)cc2)S(=O)(=O)c2cccc3cnccc23)cc1. The van der Waals surface area contributed by atoms with Crippen molar-refractivity contribution in [3.8, 4) is 5.75 Å². The van der Waals surface area contributed by atoms with Crippen LogP contribution in [0.3, 0.4) is 0 Å². The zero-order chi connectivity index (χ0) is 23.4. The van der Waals surface area contributed by atoms with Gasteiger partial charge in [0.2, 0.25) is 5.91 Å². The van der Waals surface area contributed by atoms with Crippen LogP contribution < -0.4 is 14.4 Å². The van der Waals surface area contributed by atoms with Gasteiger partial charge in [0.25, 0.3) is 10.0 Å². The van der Waals surface area contributed by atoms with Gasteiger partial charge in [0.1, 0.15) is 12.3 Å². The molecule has 1 aromatic heterocycles. The summed E-state index contributed by atoms with van der Waals surface area (Å²) in [5.41, 5.74) is 2.00. The van der Waals surface area contributed by atoms with Gasteiger partial charge in [-0.3, -0.25) is 14.1 Å². The summed E-state index contributed by atoms with van der Waals surface area (Å²) in [5, 5.41) is 4.00. The lowest BCUT2D eigenvalue weighted by atomic mass is 10.2. The lowest BCUT2D eigenvalue weighted by Gasteiger charge is -2.25. The number of benzene rings is 3. The third-order valence-corrected chi connectivity index (χ3v) is 7.02. The van der Waals surface area contributed by atoms with E-state index in [1.807, 2.05) is 19.1 Å². The molecular weight excluding hydrogens is 438 g/mol. The lowest BCUT2D eigenvalue weighted by molar-refractivity contribution is -0.114. The second kappa shape index (κ2) is 9.30. The topological polar surface area (TPSA) is 88.6 Å². The molecule has 0 spiro atoms. The number of carbonyl (C=O) groups is 1. The maximum absolute atomic E-state index is 13.8. The quantitative estimate of drug-likeness (QED) is 0.441. The van der Waals surface area contributed by atoms with Crippen molar-refractivity contribution < 1.29 is 17.9 Å². The number of fused-ring (bicyclic) bond motifs is 1. The first-order chi connectivity index (χ1) is 15.9. The Morgan fingerprint density at radius 1 is 1.00 bits per heavy atom. The summed E-state index contributed by atoms with van der Waals surface area (Å²) in [4.78, 5) is 17.1. The predicted octanol–water partition coefficient (Wildman–Crippen LogP) is 4.39. The maximum Gasteiger partial charge on any atom is 0.265 e. The van der Waals surface area contributed by atoms with E-state index in [4.69, 9.17) is 4.74 Å². The molecule has 0 aliphatic heterocycles. The number of anilines is 2. The van der Waals surface area contributed by atoms with Gasteiger partial charge in [-0.1, -0.05) is 29.8 Å². The zero-order valence-corrected chi connectivity index (χ0v) is 19.0. The normalized spacial score (nSPS) is 11.2. The van der Waals surface area contributed by atoms with Crippen LogP contribution in [0.4, 0.5) is 11.4 Å². The van der Waals surface area contributed by atoms with E-state index >= 15 is 0 Å². The van der Waals surface area contributed by atoms with Gasteiger partial charge in [-0.25, -0.2) is 8.42 Å². The minimum Gasteiger partial charge on any atom is -0.497 e. The van der Waals surface area contributed by atoms with Gasteiger partial charge in [0.05, 0.1) is 17.7 Å². The summed E-state index contributed by atoms with van der Waals surface area (Å²) in [6.45, 7) is 1.55. The number of sulfonamides is 1. The smallest absolute Gasteiger partial charge is 0.265 e. The van der Waals surface area contributed by atoms with Crippen molar-refractivity contribution in [2.24, 2.45) is 0 Å². The highest BCUT2D eigenvalue weighted by Crippen LogP contribution is 2.30. The fourth-order valence-corrected chi connectivity index (χ4v) is 5.11. The molecule has 0 saturated heterocycles. The van der Waals surface area contributed by atoms with E-state index in [0.717, 1.165) is 9.87 Å². The Bertz CT molecular complexity index is 1380. The van der Waals surface area contributed by atoms with Crippen LogP contribution in [-0.4, -0.2) is 33.0 Å². The molecular formula is C25H23N3O4S. The van der Waals surface area contributed by atoms with Crippen LogP contribution in [0.25, 0.3) is 10.8 Å². The number of methoxy groups -OCH3 is 1. The summed E-state index contributed by atoms with van der Waals surface area (Å²) in [6.07, 6.45) is 3.15. The van der Waals surface area contributed by atoms with Gasteiger partial charge >= 0.3 is 0 Å². The molecule has 168 valence electrons. The number of nitrogens with one attached hydrogen (secondary N) is 1. The molecule has 1 heterocycles. The summed E-state index contributed by atoms with van der Waals surface area (Å²) >= 11 is 0. The van der Waals surface area contributed by atoms with Crippen molar-refractivity contribution in [1.29, 1.82) is 0 Å². The van der Waals surface area contributed by atoms with Crippen molar-refractivity contribution >= 4 is 38.1 Å². The second-order valence-electron chi connectivity index (χ2n) is 7.48. The van der Waals surface area contributed by atoms with Crippen molar-refractivity contribution in [3.05, 3.63) is 90.8 Å². The molecule has 4 rings (SSSR count).